The van der Waals surface area contributed by atoms with Crippen molar-refractivity contribution < 1.29 is 61.4 Å². The molecule has 2 aliphatic rings. The van der Waals surface area contributed by atoms with Crippen LogP contribution in [0.15, 0.2) is 24.3 Å². The van der Waals surface area contributed by atoms with Gasteiger partial charge in [0.2, 0.25) is 0 Å². The van der Waals surface area contributed by atoms with E-state index in [-0.39, 0.29) is 46.1 Å². The van der Waals surface area contributed by atoms with Crippen LogP contribution in [-0.2, 0) is 17.1 Å². The average molecular weight is 554 g/mol. The molecule has 1 aliphatic carbocycles. The maximum atomic E-state index is 13.0. The van der Waals surface area contributed by atoms with Crippen LogP contribution in [0.25, 0.3) is 11.1 Å². The molecule has 3 rings (SSSR count). The molecule has 1 aliphatic heterocycles. The molecule has 1 N–H and O–H groups in total. The van der Waals surface area contributed by atoms with E-state index in [0.717, 1.165) is 0 Å². The Balaban J connectivity index is 0.00000432. The van der Waals surface area contributed by atoms with Crippen molar-refractivity contribution in [2.45, 2.75) is 37.0 Å². The fraction of sp³-hybridized carbons (Fsp3) is 0.476. The summed E-state index contributed by atoms with van der Waals surface area (Å²) in [5, 5.41) is 2.16. The molecule has 0 aromatic heterocycles. The number of carbonyl (C=O) groups excluding carboxylic acids is 1. The van der Waals surface area contributed by atoms with Crippen LogP contribution in [0.5, 0.6) is 0 Å². The van der Waals surface area contributed by atoms with E-state index in [4.69, 9.17) is 0 Å². The Morgan fingerprint density at radius 1 is 1.14 bits per heavy atom. The Kier molecular flexibility index (Phi) is 8.66. The van der Waals surface area contributed by atoms with Gasteiger partial charge in [-0.3, -0.25) is 16.0 Å². The number of urea groups is 1. The van der Waals surface area contributed by atoms with E-state index in [1.165, 1.54) is 37.4 Å². The zero-order valence-corrected chi connectivity index (χ0v) is 19.1. The van der Waals surface area contributed by atoms with Crippen LogP contribution in [-0.4, -0.2) is 73.1 Å². The van der Waals surface area contributed by atoms with E-state index in [1.54, 1.807) is 4.90 Å². The third kappa shape index (κ3) is 7.91. The summed E-state index contributed by atoms with van der Waals surface area (Å²) in [6.45, 7) is -4.24. The van der Waals surface area contributed by atoms with Gasteiger partial charge < -0.3 is 10.2 Å². The molecule has 14 heteroatoms. The molecular formula is C21H18F9MnN3O. The molecular weight excluding hydrogens is 536 g/mol. The number of hydrogen-bond acceptors (Lipinski definition) is 2. The predicted octanol–water partition coefficient (Wildman–Crippen LogP) is 4.84. The number of halogens is 9. The van der Waals surface area contributed by atoms with Crippen molar-refractivity contribution in [3.05, 3.63) is 47.5 Å². The molecule has 1 radical (unpaired) electrons. The summed E-state index contributed by atoms with van der Waals surface area (Å²) >= 11 is 0. The molecule has 0 spiro atoms. The Bertz CT molecular complexity index is 969. The number of nitrogens with zero attached hydrogens (tertiary/aromatic N) is 2. The minimum absolute atomic E-state index is 0. The Morgan fingerprint density at radius 3 is 2.29 bits per heavy atom. The molecule has 1 aromatic rings. The van der Waals surface area contributed by atoms with Crippen molar-refractivity contribution in [1.29, 1.82) is 0 Å². The van der Waals surface area contributed by atoms with E-state index in [0.29, 0.717) is 11.1 Å². The van der Waals surface area contributed by atoms with Gasteiger partial charge in [-0.15, -0.1) is 6.07 Å². The van der Waals surface area contributed by atoms with Crippen LogP contribution in [0, 0.1) is 12.1 Å². The molecule has 2 atom stereocenters. The van der Waals surface area contributed by atoms with Gasteiger partial charge >= 0.3 is 41.6 Å². The van der Waals surface area contributed by atoms with Gasteiger partial charge in [0.25, 0.3) is 0 Å². The van der Waals surface area contributed by atoms with Crippen LogP contribution in [0.2, 0.25) is 0 Å². The van der Waals surface area contributed by atoms with Crippen molar-refractivity contribution in [2.24, 2.45) is 0 Å². The van der Waals surface area contributed by atoms with Gasteiger partial charge in [0.1, 0.15) is 13.1 Å². The molecule has 2 unspecified atom stereocenters. The molecule has 0 saturated heterocycles. The van der Waals surface area contributed by atoms with Crippen molar-refractivity contribution in [3.8, 4) is 0 Å². The second-order valence-corrected chi connectivity index (χ2v) is 7.98. The van der Waals surface area contributed by atoms with Crippen LogP contribution in [0.3, 0.4) is 0 Å². The fourth-order valence-electron chi connectivity index (χ4n) is 4.07. The monoisotopic (exact) mass is 554 g/mol. The first-order chi connectivity index (χ1) is 15.5. The standard InChI is InChI=1S/C21H18F9N3O.Mn/c1-32-9-13(31-18(34)33(10-20(25,26)27)11-21(28,29)30)7-16-15-5-3-2-4-14(15)12(6-17(16)32)8-19(22,23)24;/h2-3,5,7,13,17H,6,9-11H2,1H3,(H,31,34);/q-2;+2. The minimum Gasteiger partial charge on any atom is -0.330 e. The third-order valence-electron chi connectivity index (χ3n) is 5.25. The quantitative estimate of drug-likeness (QED) is 0.330. The fourth-order valence-corrected chi connectivity index (χ4v) is 4.07. The number of amides is 2. The smallest absolute Gasteiger partial charge is 0.330 e. The van der Waals surface area contributed by atoms with Crippen LogP contribution >= 0.6 is 0 Å². The number of benzene rings is 1. The van der Waals surface area contributed by atoms with Crippen molar-refractivity contribution in [2.75, 3.05) is 26.7 Å². The van der Waals surface area contributed by atoms with E-state index >= 15 is 0 Å². The van der Waals surface area contributed by atoms with Gasteiger partial charge in [0.15, 0.2) is 0 Å². The zero-order chi connectivity index (χ0) is 25.5. The van der Waals surface area contributed by atoms with Crippen molar-refractivity contribution >= 4 is 17.2 Å². The average Bonchev–Trinajstić information content (AvgIpc) is 2.65. The van der Waals surface area contributed by atoms with Crippen LogP contribution in [0.4, 0.5) is 44.3 Å². The SMILES string of the molecule is CN1CC(NC(=O)N(CC(F)(F)F)CC(F)(F)F)C=C2c3ccc[c-]c3C(=[C-]C(F)(F)F)CC21.[Mn+2]. The van der Waals surface area contributed by atoms with Gasteiger partial charge in [-0.05, 0) is 7.05 Å². The van der Waals surface area contributed by atoms with E-state index in [2.05, 4.69) is 11.4 Å². The number of likely N-dealkylation sites (N-methyl/N-ethyl adjacent to an activating group) is 1. The predicted molar refractivity (Wildman–Crippen MR) is 103 cm³/mol. The van der Waals surface area contributed by atoms with Crippen LogP contribution < -0.4 is 5.32 Å². The summed E-state index contributed by atoms with van der Waals surface area (Å²) < 4.78 is 115. The Morgan fingerprint density at radius 2 is 1.74 bits per heavy atom. The molecule has 1 aromatic carbocycles. The normalized spacial score (nSPS) is 22.0. The van der Waals surface area contributed by atoms with Gasteiger partial charge in [-0.25, -0.2) is 16.9 Å². The van der Waals surface area contributed by atoms with E-state index in [9.17, 15) is 44.3 Å². The number of carbonyl (C=O) groups is 1. The molecule has 193 valence electrons. The minimum atomic E-state index is -5.05. The van der Waals surface area contributed by atoms with Gasteiger partial charge in [0, 0.05) is 12.6 Å². The Hall–Kier alpha value is -2.18. The number of hydrogen-bond donors (Lipinski definition) is 1. The zero-order valence-electron chi connectivity index (χ0n) is 17.9. The summed E-state index contributed by atoms with van der Waals surface area (Å²) in [7, 11) is 1.53. The second-order valence-electron chi connectivity index (χ2n) is 7.98. The number of nitrogens with one attached hydrogen (secondary N) is 1. The molecule has 0 saturated carbocycles. The number of rotatable bonds is 3. The summed E-state index contributed by atoms with van der Waals surface area (Å²) in [6.07, 6.45) is -11.9. The first-order valence-corrected chi connectivity index (χ1v) is 9.85. The van der Waals surface area contributed by atoms with E-state index in [1.807, 2.05) is 0 Å². The van der Waals surface area contributed by atoms with Gasteiger partial charge in [0.05, 0.1) is 6.04 Å². The van der Waals surface area contributed by atoms with E-state index < -0.39 is 49.7 Å². The number of fused-ring (bicyclic) bond motifs is 3. The van der Waals surface area contributed by atoms with Gasteiger partial charge in [-0.2, -0.15) is 57.2 Å². The van der Waals surface area contributed by atoms with Crippen molar-refractivity contribution in [3.63, 3.8) is 0 Å². The summed E-state index contributed by atoms with van der Waals surface area (Å²) in [6, 6.07) is 4.08. The topological polar surface area (TPSA) is 35.6 Å². The maximum absolute atomic E-state index is 13.0. The van der Waals surface area contributed by atoms with Crippen LogP contribution in [0.1, 0.15) is 17.5 Å². The van der Waals surface area contributed by atoms with Gasteiger partial charge in [-0.1, -0.05) is 18.1 Å². The molecule has 4 nitrogen and oxygen atoms in total. The molecule has 35 heavy (non-hydrogen) atoms. The molecule has 0 bridgehead atoms. The Labute approximate surface area is 205 Å². The molecule has 0 fully saturated rings. The summed E-state index contributed by atoms with van der Waals surface area (Å²) in [5.41, 5.74) is 0.857. The van der Waals surface area contributed by atoms with Crippen molar-refractivity contribution in [1.82, 2.24) is 15.1 Å². The molecule has 1 heterocycles. The largest absolute Gasteiger partial charge is 2.00 e. The maximum Gasteiger partial charge on any atom is 2.00 e. The summed E-state index contributed by atoms with van der Waals surface area (Å²) in [5.74, 6) is 0. The third-order valence-corrected chi connectivity index (χ3v) is 5.25. The summed E-state index contributed by atoms with van der Waals surface area (Å²) in [4.78, 5) is 13.5. The number of alkyl halides is 9. The first-order valence-electron chi connectivity index (χ1n) is 9.85. The molecule has 2 amide bonds. The number of allylic oxidation sites excluding steroid dienone is 1. The second kappa shape index (κ2) is 10.4. The first kappa shape index (κ1) is 29.1.